The summed E-state index contributed by atoms with van der Waals surface area (Å²) in [5, 5.41) is 10.3. The largest absolute Gasteiger partial charge is 0.495 e. The van der Waals surface area contributed by atoms with Crippen LogP contribution in [-0.4, -0.2) is 32.8 Å². The molecular formula is C15H19NO5S. The van der Waals surface area contributed by atoms with Gasteiger partial charge in [0.05, 0.1) is 19.0 Å². The Hall–Kier alpha value is -1.83. The predicted molar refractivity (Wildman–Crippen MR) is 81.2 cm³/mol. The fraction of sp³-hybridized carbons (Fsp3) is 0.333. The van der Waals surface area contributed by atoms with Crippen LogP contribution in [0.25, 0.3) is 0 Å². The molecule has 0 saturated carbocycles. The van der Waals surface area contributed by atoms with Crippen molar-refractivity contribution < 1.29 is 22.7 Å². The lowest BCUT2D eigenvalue weighted by Crippen LogP contribution is -2.42. The van der Waals surface area contributed by atoms with Crippen LogP contribution in [-0.2, 0) is 16.4 Å². The van der Waals surface area contributed by atoms with E-state index in [1.54, 1.807) is 37.3 Å². The molecule has 2 N–H and O–H groups in total. The zero-order valence-corrected chi connectivity index (χ0v) is 13.3. The number of hydrogen-bond acceptors (Lipinski definition) is 5. The first kappa shape index (κ1) is 16.5. The summed E-state index contributed by atoms with van der Waals surface area (Å²) in [6, 6.07) is 9.74. The molecule has 1 unspecified atom stereocenters. The molecule has 1 aromatic heterocycles. The molecule has 2 rings (SSSR count). The van der Waals surface area contributed by atoms with Crippen LogP contribution in [0.1, 0.15) is 12.7 Å². The van der Waals surface area contributed by atoms with E-state index in [-0.39, 0.29) is 23.6 Å². The first-order chi connectivity index (χ1) is 10.3. The van der Waals surface area contributed by atoms with E-state index in [1.165, 1.54) is 19.4 Å². The summed E-state index contributed by atoms with van der Waals surface area (Å²) in [5.41, 5.74) is -1.27. The van der Waals surface area contributed by atoms with Crippen molar-refractivity contribution in [3.63, 3.8) is 0 Å². The summed E-state index contributed by atoms with van der Waals surface area (Å²) in [7, 11) is -2.38. The molecule has 0 saturated heterocycles. The zero-order chi connectivity index (χ0) is 16.2. The van der Waals surface area contributed by atoms with Crippen molar-refractivity contribution in [2.24, 2.45) is 0 Å². The first-order valence-electron chi connectivity index (χ1n) is 6.71. The average Bonchev–Trinajstić information content (AvgIpc) is 2.97. The highest BCUT2D eigenvalue weighted by Crippen LogP contribution is 2.23. The fourth-order valence-corrected chi connectivity index (χ4v) is 3.35. The van der Waals surface area contributed by atoms with E-state index in [0.29, 0.717) is 5.76 Å². The van der Waals surface area contributed by atoms with Crippen molar-refractivity contribution in [2.45, 2.75) is 23.8 Å². The van der Waals surface area contributed by atoms with Crippen molar-refractivity contribution in [3.05, 3.63) is 48.4 Å². The summed E-state index contributed by atoms with van der Waals surface area (Å²) in [4.78, 5) is 0.0336. The maximum Gasteiger partial charge on any atom is 0.244 e. The minimum absolute atomic E-state index is 0.0336. The average molecular weight is 325 g/mol. The molecule has 0 aliphatic rings. The van der Waals surface area contributed by atoms with E-state index >= 15 is 0 Å². The Morgan fingerprint density at radius 3 is 2.64 bits per heavy atom. The second-order valence-corrected chi connectivity index (χ2v) is 6.96. The second-order valence-electron chi connectivity index (χ2n) is 5.23. The van der Waals surface area contributed by atoms with Crippen LogP contribution in [0, 0.1) is 0 Å². The van der Waals surface area contributed by atoms with Crippen molar-refractivity contribution in [2.75, 3.05) is 13.7 Å². The number of benzene rings is 1. The van der Waals surface area contributed by atoms with Crippen LogP contribution in [0.3, 0.4) is 0 Å². The molecule has 6 nitrogen and oxygen atoms in total. The number of ether oxygens (including phenoxy) is 1. The predicted octanol–water partition coefficient (Wildman–Crippen LogP) is 1.56. The fourth-order valence-electron chi connectivity index (χ4n) is 2.02. The van der Waals surface area contributed by atoms with Gasteiger partial charge in [-0.25, -0.2) is 13.1 Å². The molecule has 7 heteroatoms. The van der Waals surface area contributed by atoms with Crippen LogP contribution in [0.5, 0.6) is 5.75 Å². The van der Waals surface area contributed by atoms with Gasteiger partial charge in [0.2, 0.25) is 10.0 Å². The van der Waals surface area contributed by atoms with Gasteiger partial charge < -0.3 is 14.3 Å². The van der Waals surface area contributed by atoms with Gasteiger partial charge in [-0.1, -0.05) is 12.1 Å². The van der Waals surface area contributed by atoms with Gasteiger partial charge in [0.15, 0.2) is 0 Å². The molecule has 0 spiro atoms. The van der Waals surface area contributed by atoms with Gasteiger partial charge in [-0.2, -0.15) is 0 Å². The molecule has 0 fully saturated rings. The standard InChI is InChI=1S/C15H19NO5S/c1-15(17,10-12-6-5-9-21-12)11-16-22(18,19)14-8-4-3-7-13(14)20-2/h3-9,16-17H,10-11H2,1-2H3. The quantitative estimate of drug-likeness (QED) is 0.806. The monoisotopic (exact) mass is 325 g/mol. The number of rotatable bonds is 7. The number of sulfonamides is 1. The van der Waals surface area contributed by atoms with Crippen LogP contribution in [0.15, 0.2) is 52.0 Å². The molecule has 0 amide bonds. The van der Waals surface area contributed by atoms with Crippen molar-refractivity contribution in [1.29, 1.82) is 0 Å². The lowest BCUT2D eigenvalue weighted by molar-refractivity contribution is 0.0603. The molecule has 0 bridgehead atoms. The summed E-state index contributed by atoms with van der Waals surface area (Å²) >= 11 is 0. The van der Waals surface area contributed by atoms with Gasteiger partial charge in [0, 0.05) is 13.0 Å². The van der Waals surface area contributed by atoms with Crippen molar-refractivity contribution in [1.82, 2.24) is 4.72 Å². The number of furan rings is 1. The Balaban J connectivity index is 2.09. The summed E-state index contributed by atoms with van der Waals surface area (Å²) in [6.07, 6.45) is 1.71. The van der Waals surface area contributed by atoms with E-state index in [9.17, 15) is 13.5 Å². The van der Waals surface area contributed by atoms with Crippen LogP contribution >= 0.6 is 0 Å². The van der Waals surface area contributed by atoms with E-state index in [1.807, 2.05) is 0 Å². The number of hydrogen-bond donors (Lipinski definition) is 2. The molecule has 1 aromatic carbocycles. The summed E-state index contributed by atoms with van der Waals surface area (Å²) < 4.78 is 37.3. The van der Waals surface area contributed by atoms with Crippen LogP contribution < -0.4 is 9.46 Å². The Labute approximate surface area is 129 Å². The maximum atomic E-state index is 12.3. The minimum Gasteiger partial charge on any atom is -0.495 e. The molecule has 0 radical (unpaired) electrons. The van der Waals surface area contributed by atoms with Crippen molar-refractivity contribution in [3.8, 4) is 5.75 Å². The Morgan fingerprint density at radius 1 is 1.27 bits per heavy atom. The number of aliphatic hydroxyl groups is 1. The van der Waals surface area contributed by atoms with E-state index in [2.05, 4.69) is 4.72 Å². The Morgan fingerprint density at radius 2 is 2.00 bits per heavy atom. The first-order valence-corrected chi connectivity index (χ1v) is 8.20. The van der Waals surface area contributed by atoms with Gasteiger partial charge in [0.25, 0.3) is 0 Å². The molecule has 22 heavy (non-hydrogen) atoms. The molecular weight excluding hydrogens is 306 g/mol. The van der Waals surface area contributed by atoms with Crippen LogP contribution in [0.2, 0.25) is 0 Å². The maximum absolute atomic E-state index is 12.3. The lowest BCUT2D eigenvalue weighted by Gasteiger charge is -2.22. The highest BCUT2D eigenvalue weighted by Gasteiger charge is 2.27. The number of nitrogens with one attached hydrogen (secondary N) is 1. The van der Waals surface area contributed by atoms with Gasteiger partial charge in [-0.05, 0) is 31.2 Å². The molecule has 0 aliphatic heterocycles. The molecule has 120 valence electrons. The summed E-state index contributed by atoms with van der Waals surface area (Å²) in [5.74, 6) is 0.835. The highest BCUT2D eigenvalue weighted by molar-refractivity contribution is 7.89. The smallest absolute Gasteiger partial charge is 0.244 e. The summed E-state index contributed by atoms with van der Waals surface area (Å²) in [6.45, 7) is 1.40. The Bertz CT molecular complexity index is 707. The highest BCUT2D eigenvalue weighted by atomic mass is 32.2. The normalized spacial score (nSPS) is 14.5. The van der Waals surface area contributed by atoms with Gasteiger partial charge in [0.1, 0.15) is 16.4 Å². The second kappa shape index (κ2) is 6.51. The molecule has 0 aliphatic carbocycles. The third kappa shape index (κ3) is 4.09. The SMILES string of the molecule is COc1ccccc1S(=O)(=O)NCC(C)(O)Cc1ccco1. The number of para-hydroxylation sites is 1. The van der Waals surface area contributed by atoms with Gasteiger partial charge in [-0.15, -0.1) is 0 Å². The topological polar surface area (TPSA) is 88.8 Å². The zero-order valence-electron chi connectivity index (χ0n) is 12.4. The van der Waals surface area contributed by atoms with Crippen molar-refractivity contribution >= 4 is 10.0 Å². The molecule has 2 aromatic rings. The van der Waals surface area contributed by atoms with E-state index in [0.717, 1.165) is 0 Å². The minimum atomic E-state index is -3.78. The van der Waals surface area contributed by atoms with Gasteiger partial charge >= 0.3 is 0 Å². The molecule has 1 heterocycles. The van der Waals surface area contributed by atoms with Crippen LogP contribution in [0.4, 0.5) is 0 Å². The Kier molecular flexibility index (Phi) is 4.90. The van der Waals surface area contributed by atoms with E-state index < -0.39 is 15.6 Å². The third-order valence-electron chi connectivity index (χ3n) is 3.14. The van der Waals surface area contributed by atoms with E-state index in [4.69, 9.17) is 9.15 Å². The third-order valence-corrected chi connectivity index (χ3v) is 4.58. The van der Waals surface area contributed by atoms with Gasteiger partial charge in [-0.3, -0.25) is 0 Å². The molecule has 1 atom stereocenters. The lowest BCUT2D eigenvalue weighted by atomic mass is 10.0. The number of methoxy groups -OCH3 is 1.